The number of hydrogen-bond acceptors (Lipinski definition) is 4. The zero-order valence-corrected chi connectivity index (χ0v) is 17.8. The summed E-state index contributed by atoms with van der Waals surface area (Å²) in [7, 11) is 0. The second-order valence-electron chi connectivity index (χ2n) is 7.89. The number of ether oxygens (including phenoxy) is 1. The van der Waals surface area contributed by atoms with Crippen LogP contribution < -0.4 is 10.6 Å². The Bertz CT molecular complexity index is 913. The van der Waals surface area contributed by atoms with Crippen molar-refractivity contribution < 1.29 is 24.2 Å². The fourth-order valence-corrected chi connectivity index (χ4v) is 3.86. The predicted molar refractivity (Wildman–Crippen MR) is 117 cm³/mol. The molecule has 31 heavy (non-hydrogen) atoms. The largest absolute Gasteiger partial charge is 0.480 e. The highest BCUT2D eigenvalue weighted by atomic mass is 16.5. The van der Waals surface area contributed by atoms with Gasteiger partial charge in [0.1, 0.15) is 12.6 Å². The van der Waals surface area contributed by atoms with Crippen molar-refractivity contribution in [3.63, 3.8) is 0 Å². The fraction of sp³-hybridized carbons (Fsp3) is 0.375. The minimum Gasteiger partial charge on any atom is -0.480 e. The maximum Gasteiger partial charge on any atom is 0.407 e. The van der Waals surface area contributed by atoms with Gasteiger partial charge in [0.25, 0.3) is 0 Å². The van der Waals surface area contributed by atoms with Crippen LogP contribution in [-0.4, -0.2) is 41.8 Å². The molecule has 2 aromatic rings. The number of alkyl carbamates (subject to hydrolysis) is 1. The highest BCUT2D eigenvalue weighted by Crippen LogP contribution is 2.44. The van der Waals surface area contributed by atoms with Crippen molar-refractivity contribution in [2.45, 2.75) is 51.1 Å². The molecule has 2 amide bonds. The van der Waals surface area contributed by atoms with Gasteiger partial charge in [-0.25, -0.2) is 4.79 Å². The molecule has 0 radical (unpaired) electrons. The molecule has 0 aromatic heterocycles. The Morgan fingerprint density at radius 1 is 0.968 bits per heavy atom. The maximum absolute atomic E-state index is 12.3. The summed E-state index contributed by atoms with van der Waals surface area (Å²) in [5.74, 6) is -1.38. The molecular formula is C24H28N2O5. The minimum atomic E-state index is -1.07. The van der Waals surface area contributed by atoms with Crippen molar-refractivity contribution >= 4 is 18.0 Å². The smallest absolute Gasteiger partial charge is 0.407 e. The van der Waals surface area contributed by atoms with E-state index < -0.39 is 18.1 Å². The molecule has 1 aliphatic carbocycles. The van der Waals surface area contributed by atoms with Gasteiger partial charge in [-0.1, -0.05) is 48.5 Å². The molecule has 0 saturated heterocycles. The van der Waals surface area contributed by atoms with Gasteiger partial charge in [-0.05, 0) is 48.9 Å². The molecule has 2 atom stereocenters. The highest BCUT2D eigenvalue weighted by molar-refractivity contribution is 5.83. The molecular weight excluding hydrogens is 396 g/mol. The van der Waals surface area contributed by atoms with Crippen LogP contribution in [0.2, 0.25) is 0 Å². The molecule has 1 aliphatic rings. The number of carbonyl (C=O) groups is 3. The molecule has 3 N–H and O–H groups in total. The third-order valence-corrected chi connectivity index (χ3v) is 5.50. The molecule has 0 fully saturated rings. The topological polar surface area (TPSA) is 105 Å². The van der Waals surface area contributed by atoms with Gasteiger partial charge in [0.15, 0.2) is 0 Å². The van der Waals surface area contributed by atoms with E-state index in [1.807, 2.05) is 31.2 Å². The Morgan fingerprint density at radius 3 is 2.13 bits per heavy atom. The summed E-state index contributed by atoms with van der Waals surface area (Å²) in [4.78, 5) is 34.8. The van der Waals surface area contributed by atoms with E-state index in [9.17, 15) is 14.4 Å². The van der Waals surface area contributed by atoms with Gasteiger partial charge in [-0.2, -0.15) is 0 Å². The number of fused-ring (bicyclic) bond motifs is 3. The summed E-state index contributed by atoms with van der Waals surface area (Å²) in [5, 5.41) is 14.0. The average molecular weight is 424 g/mol. The Hall–Kier alpha value is -3.35. The zero-order valence-electron chi connectivity index (χ0n) is 17.8. The molecule has 2 aromatic carbocycles. The summed E-state index contributed by atoms with van der Waals surface area (Å²) >= 11 is 0. The second kappa shape index (κ2) is 10.1. The predicted octanol–water partition coefficient (Wildman–Crippen LogP) is 3.67. The van der Waals surface area contributed by atoms with Gasteiger partial charge in [0.2, 0.25) is 5.91 Å². The molecule has 0 saturated carbocycles. The molecule has 7 heteroatoms. The number of hydrogen-bond donors (Lipinski definition) is 3. The Balaban J connectivity index is 1.44. The lowest BCUT2D eigenvalue weighted by Crippen LogP contribution is -2.38. The molecule has 7 nitrogen and oxygen atoms in total. The van der Waals surface area contributed by atoms with Crippen LogP contribution in [0.4, 0.5) is 4.79 Å². The van der Waals surface area contributed by atoms with Crippen molar-refractivity contribution in [1.82, 2.24) is 10.6 Å². The number of benzene rings is 2. The van der Waals surface area contributed by atoms with E-state index in [0.29, 0.717) is 12.8 Å². The molecule has 2 unspecified atom stereocenters. The second-order valence-corrected chi connectivity index (χ2v) is 7.89. The van der Waals surface area contributed by atoms with Crippen LogP contribution >= 0.6 is 0 Å². The van der Waals surface area contributed by atoms with Crippen LogP contribution in [0.3, 0.4) is 0 Å². The number of carbonyl (C=O) groups excluding carboxylic acids is 2. The summed E-state index contributed by atoms with van der Waals surface area (Å²) < 4.78 is 5.52. The number of carboxylic acid groups (broad SMARTS) is 1. The van der Waals surface area contributed by atoms with E-state index in [-0.39, 0.29) is 30.9 Å². The third-order valence-electron chi connectivity index (χ3n) is 5.50. The van der Waals surface area contributed by atoms with Gasteiger partial charge in [0, 0.05) is 18.4 Å². The number of nitrogens with one attached hydrogen (secondary N) is 2. The van der Waals surface area contributed by atoms with E-state index in [1.165, 1.54) is 18.1 Å². The summed E-state index contributed by atoms with van der Waals surface area (Å²) in [5.41, 5.74) is 4.67. The van der Waals surface area contributed by atoms with Crippen LogP contribution in [-0.2, 0) is 14.3 Å². The van der Waals surface area contributed by atoms with Crippen molar-refractivity contribution in [1.29, 1.82) is 0 Å². The van der Waals surface area contributed by atoms with E-state index in [1.54, 1.807) is 0 Å². The van der Waals surface area contributed by atoms with Gasteiger partial charge >= 0.3 is 12.1 Å². The van der Waals surface area contributed by atoms with E-state index in [4.69, 9.17) is 9.84 Å². The molecule has 164 valence electrons. The van der Waals surface area contributed by atoms with Crippen molar-refractivity contribution in [2.75, 3.05) is 6.61 Å². The first kappa shape index (κ1) is 22.3. The van der Waals surface area contributed by atoms with Crippen molar-refractivity contribution in [3.8, 4) is 11.1 Å². The van der Waals surface area contributed by atoms with Gasteiger partial charge in [-0.3, -0.25) is 9.59 Å². The number of carboxylic acids is 1. The van der Waals surface area contributed by atoms with E-state index in [0.717, 1.165) is 11.1 Å². The molecule has 0 bridgehead atoms. The Kier molecular flexibility index (Phi) is 7.28. The van der Waals surface area contributed by atoms with E-state index in [2.05, 4.69) is 34.9 Å². The standard InChI is InChI=1S/C24H28N2O5/c1-15(8-7-13-22(27)26-16(2)23(28)29)25-24(30)31-14-21-19-11-5-3-9-17(19)18-10-4-6-12-20(18)21/h3-6,9-12,15-16,21H,7-8,13-14H2,1-2H3,(H,25,30)(H,26,27)(H,28,29). The van der Waals surface area contributed by atoms with Crippen molar-refractivity contribution in [3.05, 3.63) is 59.7 Å². The van der Waals surface area contributed by atoms with Crippen LogP contribution in [0.1, 0.15) is 50.2 Å². The van der Waals surface area contributed by atoms with Crippen LogP contribution in [0.25, 0.3) is 11.1 Å². The Labute approximate surface area is 181 Å². The first-order valence-corrected chi connectivity index (χ1v) is 10.5. The normalized spacial score (nSPS) is 14.1. The average Bonchev–Trinajstić information content (AvgIpc) is 3.06. The molecule has 0 heterocycles. The van der Waals surface area contributed by atoms with Gasteiger partial charge < -0.3 is 20.5 Å². The van der Waals surface area contributed by atoms with Crippen molar-refractivity contribution in [2.24, 2.45) is 0 Å². The quantitative estimate of drug-likeness (QED) is 0.570. The third kappa shape index (κ3) is 5.63. The lowest BCUT2D eigenvalue weighted by Gasteiger charge is -2.17. The number of aliphatic carboxylic acids is 1. The molecule has 0 aliphatic heterocycles. The first-order chi connectivity index (χ1) is 14.9. The van der Waals surface area contributed by atoms with Gasteiger partial charge in [0.05, 0.1) is 0 Å². The number of amides is 2. The molecule has 3 rings (SSSR count). The van der Waals surface area contributed by atoms with Gasteiger partial charge in [-0.15, -0.1) is 0 Å². The Morgan fingerprint density at radius 2 is 1.55 bits per heavy atom. The SMILES string of the molecule is CC(CCCC(=O)NC(C)C(=O)O)NC(=O)OCC1c2ccccc2-c2ccccc21. The zero-order chi connectivity index (χ0) is 22.4. The summed E-state index contributed by atoms with van der Waals surface area (Å²) in [6.45, 7) is 3.52. The lowest BCUT2D eigenvalue weighted by atomic mass is 9.98. The van der Waals surface area contributed by atoms with E-state index >= 15 is 0 Å². The number of rotatable bonds is 9. The summed E-state index contributed by atoms with van der Waals surface area (Å²) in [6, 6.07) is 15.2. The van der Waals surface area contributed by atoms with Crippen LogP contribution in [0.15, 0.2) is 48.5 Å². The van der Waals surface area contributed by atoms with Crippen LogP contribution in [0, 0.1) is 0 Å². The highest BCUT2D eigenvalue weighted by Gasteiger charge is 2.29. The summed E-state index contributed by atoms with van der Waals surface area (Å²) in [6.07, 6.45) is 0.828. The van der Waals surface area contributed by atoms with Crippen LogP contribution in [0.5, 0.6) is 0 Å². The lowest BCUT2D eigenvalue weighted by molar-refractivity contribution is -0.141. The minimum absolute atomic E-state index is 0.00776. The maximum atomic E-state index is 12.3. The molecule has 0 spiro atoms. The first-order valence-electron chi connectivity index (χ1n) is 10.5. The fourth-order valence-electron chi connectivity index (χ4n) is 3.86. The monoisotopic (exact) mass is 424 g/mol.